The van der Waals surface area contributed by atoms with E-state index < -0.39 is 0 Å². The molecule has 6 nitrogen and oxygen atoms in total. The van der Waals surface area contributed by atoms with Gasteiger partial charge in [-0.1, -0.05) is 17.4 Å². The predicted octanol–water partition coefficient (Wildman–Crippen LogP) is 1.38. The SMILES string of the molecule is COc1c(N)cccc1C(=O)Nc1nncs1. The third kappa shape index (κ3) is 2.34. The van der Waals surface area contributed by atoms with Gasteiger partial charge in [-0.25, -0.2) is 0 Å². The quantitative estimate of drug-likeness (QED) is 0.803. The van der Waals surface area contributed by atoms with Crippen LogP contribution in [0.3, 0.4) is 0 Å². The Morgan fingerprint density at radius 2 is 2.35 bits per heavy atom. The van der Waals surface area contributed by atoms with Gasteiger partial charge in [0.1, 0.15) is 5.51 Å². The number of hydrogen-bond acceptors (Lipinski definition) is 6. The minimum Gasteiger partial charge on any atom is -0.494 e. The molecule has 7 heteroatoms. The van der Waals surface area contributed by atoms with Crippen LogP contribution >= 0.6 is 11.3 Å². The van der Waals surface area contributed by atoms with Crippen LogP contribution in [0.1, 0.15) is 10.4 Å². The summed E-state index contributed by atoms with van der Waals surface area (Å²) in [5, 5.41) is 10.4. The van der Waals surface area contributed by atoms with Crippen LogP contribution in [-0.2, 0) is 0 Å². The van der Waals surface area contributed by atoms with Gasteiger partial charge < -0.3 is 10.5 Å². The van der Waals surface area contributed by atoms with Gasteiger partial charge in [-0.15, -0.1) is 10.2 Å². The molecular formula is C10H10N4O2S. The van der Waals surface area contributed by atoms with Gasteiger partial charge in [-0.2, -0.15) is 0 Å². The van der Waals surface area contributed by atoms with Gasteiger partial charge in [0.2, 0.25) is 5.13 Å². The van der Waals surface area contributed by atoms with Crippen LogP contribution in [0.25, 0.3) is 0 Å². The van der Waals surface area contributed by atoms with Crippen molar-refractivity contribution < 1.29 is 9.53 Å². The van der Waals surface area contributed by atoms with Crippen LogP contribution in [0.5, 0.6) is 5.75 Å². The molecule has 1 aromatic carbocycles. The zero-order valence-electron chi connectivity index (χ0n) is 9.01. The van der Waals surface area contributed by atoms with Crippen LogP contribution in [0, 0.1) is 0 Å². The van der Waals surface area contributed by atoms with E-state index in [-0.39, 0.29) is 5.91 Å². The fourth-order valence-electron chi connectivity index (χ4n) is 1.35. The van der Waals surface area contributed by atoms with Gasteiger partial charge >= 0.3 is 0 Å². The van der Waals surface area contributed by atoms with E-state index in [1.807, 2.05) is 0 Å². The Bertz CT molecular complexity index is 527. The Hall–Kier alpha value is -2.15. The van der Waals surface area contributed by atoms with Gasteiger partial charge in [0.05, 0.1) is 18.4 Å². The van der Waals surface area contributed by atoms with Crippen molar-refractivity contribution in [3.63, 3.8) is 0 Å². The summed E-state index contributed by atoms with van der Waals surface area (Å²) < 4.78 is 5.10. The van der Waals surface area contributed by atoms with Crippen molar-refractivity contribution in [2.45, 2.75) is 0 Å². The summed E-state index contributed by atoms with van der Waals surface area (Å²) >= 11 is 1.24. The Balaban J connectivity index is 2.28. The van der Waals surface area contributed by atoms with Crippen molar-refractivity contribution in [3.05, 3.63) is 29.3 Å². The molecular weight excluding hydrogens is 240 g/mol. The molecule has 2 aromatic rings. The second-order valence-corrected chi connectivity index (χ2v) is 3.96. The number of amides is 1. The largest absolute Gasteiger partial charge is 0.494 e. The molecule has 1 heterocycles. The van der Waals surface area contributed by atoms with Crippen molar-refractivity contribution in [2.24, 2.45) is 0 Å². The Kier molecular flexibility index (Phi) is 3.20. The molecule has 0 aliphatic rings. The highest BCUT2D eigenvalue weighted by Crippen LogP contribution is 2.26. The number of rotatable bonds is 3. The summed E-state index contributed by atoms with van der Waals surface area (Å²) in [6.07, 6.45) is 0. The number of methoxy groups -OCH3 is 1. The molecule has 2 rings (SSSR count). The molecule has 0 atom stereocenters. The second-order valence-electron chi connectivity index (χ2n) is 3.13. The van der Waals surface area contributed by atoms with Crippen LogP contribution in [0.4, 0.5) is 10.8 Å². The van der Waals surface area contributed by atoms with Crippen LogP contribution < -0.4 is 15.8 Å². The zero-order valence-corrected chi connectivity index (χ0v) is 9.82. The summed E-state index contributed by atoms with van der Waals surface area (Å²) in [7, 11) is 1.47. The first-order valence-corrected chi connectivity index (χ1v) is 5.60. The number of nitrogens with two attached hydrogens (primary N) is 1. The summed E-state index contributed by atoms with van der Waals surface area (Å²) in [5.74, 6) is 0.0282. The van der Waals surface area contributed by atoms with Crippen molar-refractivity contribution >= 4 is 28.1 Å². The van der Waals surface area contributed by atoms with Gasteiger partial charge in [0.15, 0.2) is 5.75 Å². The van der Waals surface area contributed by atoms with Gasteiger partial charge in [0, 0.05) is 0 Å². The van der Waals surface area contributed by atoms with Crippen LogP contribution in [-0.4, -0.2) is 23.2 Å². The lowest BCUT2D eigenvalue weighted by Gasteiger charge is -2.09. The molecule has 1 aromatic heterocycles. The maximum absolute atomic E-state index is 11.9. The number of anilines is 2. The third-order valence-corrected chi connectivity index (χ3v) is 2.68. The number of benzene rings is 1. The Morgan fingerprint density at radius 1 is 1.53 bits per heavy atom. The van der Waals surface area contributed by atoms with Crippen molar-refractivity contribution in [1.29, 1.82) is 0 Å². The number of nitrogens with one attached hydrogen (secondary N) is 1. The van der Waals surface area contributed by atoms with Gasteiger partial charge in [-0.05, 0) is 12.1 Å². The van der Waals surface area contributed by atoms with Crippen molar-refractivity contribution in [2.75, 3.05) is 18.2 Å². The number of nitrogens with zero attached hydrogens (tertiary/aromatic N) is 2. The average molecular weight is 250 g/mol. The molecule has 1 amide bonds. The normalized spacial score (nSPS) is 9.94. The summed E-state index contributed by atoms with van der Waals surface area (Å²) in [4.78, 5) is 11.9. The maximum Gasteiger partial charge on any atom is 0.261 e. The lowest BCUT2D eigenvalue weighted by atomic mass is 10.1. The lowest BCUT2D eigenvalue weighted by molar-refractivity contribution is 0.102. The smallest absolute Gasteiger partial charge is 0.261 e. The van der Waals surface area contributed by atoms with E-state index in [0.29, 0.717) is 22.1 Å². The Morgan fingerprint density at radius 3 is 3.00 bits per heavy atom. The third-order valence-electron chi connectivity index (χ3n) is 2.07. The fraction of sp³-hybridized carbons (Fsp3) is 0.100. The van der Waals surface area contributed by atoms with E-state index in [4.69, 9.17) is 10.5 Å². The molecule has 0 spiro atoms. The Labute approximate surface area is 101 Å². The number of hydrogen-bond donors (Lipinski definition) is 2. The molecule has 0 saturated carbocycles. The van der Waals surface area contributed by atoms with Crippen molar-refractivity contribution in [3.8, 4) is 5.75 Å². The molecule has 17 heavy (non-hydrogen) atoms. The molecule has 0 unspecified atom stereocenters. The maximum atomic E-state index is 11.9. The first-order chi connectivity index (χ1) is 8.22. The lowest BCUT2D eigenvalue weighted by Crippen LogP contribution is -2.13. The summed E-state index contributed by atoms with van der Waals surface area (Å²) in [6, 6.07) is 4.99. The van der Waals surface area contributed by atoms with Gasteiger partial charge in [0.25, 0.3) is 5.91 Å². The zero-order chi connectivity index (χ0) is 12.3. The first-order valence-electron chi connectivity index (χ1n) is 4.72. The summed E-state index contributed by atoms with van der Waals surface area (Å²) in [6.45, 7) is 0. The highest BCUT2D eigenvalue weighted by Gasteiger charge is 2.15. The minimum absolute atomic E-state index is 0.328. The number of carbonyl (C=O) groups is 1. The number of para-hydroxylation sites is 1. The van der Waals surface area contributed by atoms with E-state index >= 15 is 0 Å². The number of carbonyl (C=O) groups excluding carboxylic acids is 1. The molecule has 0 fully saturated rings. The average Bonchev–Trinajstić information content (AvgIpc) is 2.81. The molecule has 88 valence electrons. The number of ether oxygens (including phenoxy) is 1. The molecule has 0 saturated heterocycles. The molecule has 0 bridgehead atoms. The van der Waals surface area contributed by atoms with Crippen molar-refractivity contribution in [1.82, 2.24) is 10.2 Å². The first kappa shape index (κ1) is 11.3. The number of nitrogen functional groups attached to an aromatic ring is 1. The molecule has 0 aliphatic heterocycles. The van der Waals surface area contributed by atoms with Gasteiger partial charge in [-0.3, -0.25) is 10.1 Å². The highest BCUT2D eigenvalue weighted by atomic mass is 32.1. The standard InChI is InChI=1S/C10H10N4O2S/c1-16-8-6(3-2-4-7(8)11)9(15)13-10-14-12-5-17-10/h2-5H,11H2,1H3,(H,13,14,15). The second kappa shape index (κ2) is 4.79. The van der Waals surface area contributed by atoms with E-state index in [1.165, 1.54) is 24.0 Å². The predicted molar refractivity (Wildman–Crippen MR) is 65.3 cm³/mol. The van der Waals surface area contributed by atoms with Crippen LogP contribution in [0.15, 0.2) is 23.7 Å². The van der Waals surface area contributed by atoms with Crippen LogP contribution in [0.2, 0.25) is 0 Å². The van der Waals surface area contributed by atoms with E-state index in [1.54, 1.807) is 18.2 Å². The monoisotopic (exact) mass is 250 g/mol. The minimum atomic E-state index is -0.328. The molecule has 0 radical (unpaired) electrons. The fourth-order valence-corrected chi connectivity index (χ4v) is 1.79. The number of aromatic nitrogens is 2. The highest BCUT2D eigenvalue weighted by molar-refractivity contribution is 7.13. The topological polar surface area (TPSA) is 90.1 Å². The van der Waals surface area contributed by atoms with E-state index in [2.05, 4.69) is 15.5 Å². The summed E-state index contributed by atoms with van der Waals surface area (Å²) in [5.41, 5.74) is 8.02. The van der Waals surface area contributed by atoms with E-state index in [9.17, 15) is 4.79 Å². The molecule has 0 aliphatic carbocycles. The molecule has 3 N–H and O–H groups in total. The van der Waals surface area contributed by atoms with E-state index in [0.717, 1.165) is 0 Å².